The number of ether oxygens (including phenoxy) is 1. The molecule has 5 atom stereocenters. The van der Waals surface area contributed by atoms with Crippen molar-refractivity contribution in [3.8, 4) is 0 Å². The van der Waals surface area contributed by atoms with E-state index < -0.39 is 0 Å². The summed E-state index contributed by atoms with van der Waals surface area (Å²) in [6, 6.07) is 0. The molecule has 22 heavy (non-hydrogen) atoms. The van der Waals surface area contributed by atoms with Gasteiger partial charge in [0.1, 0.15) is 11.9 Å². The first-order chi connectivity index (χ1) is 10.5. The Morgan fingerprint density at radius 3 is 3.00 bits per heavy atom. The van der Waals surface area contributed by atoms with Crippen molar-refractivity contribution in [1.29, 1.82) is 0 Å². The van der Waals surface area contributed by atoms with Crippen LogP contribution in [0.3, 0.4) is 0 Å². The van der Waals surface area contributed by atoms with E-state index in [2.05, 4.69) is 17.9 Å². The van der Waals surface area contributed by atoms with E-state index in [1.54, 1.807) is 0 Å². The molecule has 1 saturated heterocycles. The number of esters is 1. The zero-order chi connectivity index (χ0) is 15.5. The van der Waals surface area contributed by atoms with Crippen LogP contribution in [0.4, 0.5) is 0 Å². The van der Waals surface area contributed by atoms with E-state index in [1.165, 1.54) is 18.9 Å². The van der Waals surface area contributed by atoms with Crippen LogP contribution in [0.15, 0.2) is 11.6 Å². The molecule has 2 saturated carbocycles. The number of piperidine rings is 1. The van der Waals surface area contributed by atoms with Gasteiger partial charge in [0, 0.05) is 36.8 Å². The molecule has 0 aromatic carbocycles. The minimum atomic E-state index is -0.208. The van der Waals surface area contributed by atoms with Gasteiger partial charge in [-0.15, -0.1) is 0 Å². The lowest BCUT2D eigenvalue weighted by Gasteiger charge is -2.64. The SMILES string of the molecule is CC(=O)OC1CC2C(=O)C(C)CC34C2=CCCN3CCCC14. The number of hydrogen-bond acceptors (Lipinski definition) is 4. The second-order valence-electron chi connectivity index (χ2n) is 7.55. The van der Waals surface area contributed by atoms with Crippen molar-refractivity contribution in [1.82, 2.24) is 4.90 Å². The summed E-state index contributed by atoms with van der Waals surface area (Å²) in [6.45, 7) is 5.78. The lowest BCUT2D eigenvalue weighted by molar-refractivity contribution is -0.169. The largest absolute Gasteiger partial charge is 0.462 e. The third kappa shape index (κ3) is 1.79. The van der Waals surface area contributed by atoms with Gasteiger partial charge in [-0.2, -0.15) is 0 Å². The second kappa shape index (κ2) is 4.92. The molecule has 2 heterocycles. The molecule has 2 aliphatic carbocycles. The van der Waals surface area contributed by atoms with E-state index in [0.717, 1.165) is 32.4 Å². The van der Waals surface area contributed by atoms with E-state index in [4.69, 9.17) is 4.74 Å². The van der Waals surface area contributed by atoms with Gasteiger partial charge < -0.3 is 4.74 Å². The molecule has 4 aliphatic rings. The number of nitrogens with zero attached hydrogens (tertiary/aromatic N) is 1. The molecule has 4 nitrogen and oxygen atoms in total. The van der Waals surface area contributed by atoms with Gasteiger partial charge in [-0.3, -0.25) is 14.5 Å². The van der Waals surface area contributed by atoms with Gasteiger partial charge in [-0.25, -0.2) is 0 Å². The van der Waals surface area contributed by atoms with Crippen LogP contribution in [0.25, 0.3) is 0 Å². The van der Waals surface area contributed by atoms with Crippen LogP contribution >= 0.6 is 0 Å². The Hall–Kier alpha value is -1.16. The monoisotopic (exact) mass is 303 g/mol. The summed E-state index contributed by atoms with van der Waals surface area (Å²) in [5.41, 5.74) is 1.36. The highest BCUT2D eigenvalue weighted by Gasteiger charge is 2.62. The lowest BCUT2D eigenvalue weighted by atomic mass is 9.51. The number of carbonyl (C=O) groups excluding carboxylic acids is 2. The van der Waals surface area contributed by atoms with Crippen molar-refractivity contribution in [3.63, 3.8) is 0 Å². The normalized spacial score (nSPS) is 44.1. The maximum absolute atomic E-state index is 12.7. The van der Waals surface area contributed by atoms with Crippen LogP contribution in [0.1, 0.15) is 46.0 Å². The Morgan fingerprint density at radius 2 is 2.23 bits per heavy atom. The third-order valence-corrected chi connectivity index (χ3v) is 6.44. The van der Waals surface area contributed by atoms with E-state index in [0.29, 0.717) is 18.1 Å². The van der Waals surface area contributed by atoms with Gasteiger partial charge in [0.2, 0.25) is 0 Å². The number of hydrogen-bond donors (Lipinski definition) is 0. The summed E-state index contributed by atoms with van der Waals surface area (Å²) in [7, 11) is 0. The summed E-state index contributed by atoms with van der Waals surface area (Å²) in [5, 5.41) is 0. The highest BCUT2D eigenvalue weighted by Crippen LogP contribution is 2.58. The maximum Gasteiger partial charge on any atom is 0.302 e. The molecular formula is C18H25NO3. The molecule has 120 valence electrons. The number of rotatable bonds is 1. The van der Waals surface area contributed by atoms with Gasteiger partial charge in [0.05, 0.1) is 0 Å². The Labute approximate surface area is 131 Å². The molecule has 0 aromatic heterocycles. The summed E-state index contributed by atoms with van der Waals surface area (Å²) in [5.74, 6) is 0.621. The van der Waals surface area contributed by atoms with Crippen molar-refractivity contribution >= 4 is 11.8 Å². The molecule has 0 amide bonds. The van der Waals surface area contributed by atoms with Crippen LogP contribution < -0.4 is 0 Å². The Morgan fingerprint density at radius 1 is 1.41 bits per heavy atom. The first-order valence-corrected chi connectivity index (χ1v) is 8.70. The van der Waals surface area contributed by atoms with Crippen molar-refractivity contribution in [2.75, 3.05) is 13.1 Å². The molecule has 0 N–H and O–H groups in total. The summed E-state index contributed by atoms with van der Waals surface area (Å²) >= 11 is 0. The van der Waals surface area contributed by atoms with E-state index >= 15 is 0 Å². The predicted octanol–water partition coefficient (Wildman–Crippen LogP) is 2.33. The zero-order valence-electron chi connectivity index (χ0n) is 13.5. The summed E-state index contributed by atoms with van der Waals surface area (Å²) < 4.78 is 5.70. The smallest absolute Gasteiger partial charge is 0.302 e. The quantitative estimate of drug-likeness (QED) is 0.551. The standard InChI is InChI=1S/C18H25NO3/c1-11-10-18-14-5-3-7-19(18)8-4-6-15(18)16(22-12(2)20)9-13(14)17(11)21/h5,11,13,15-16H,3-4,6-10H2,1-2H3. The zero-order valence-corrected chi connectivity index (χ0v) is 13.5. The molecule has 5 unspecified atom stereocenters. The Bertz CT molecular complexity index is 555. The van der Waals surface area contributed by atoms with Crippen molar-refractivity contribution in [2.24, 2.45) is 17.8 Å². The summed E-state index contributed by atoms with van der Waals surface area (Å²) in [6.07, 6.45) is 7.21. The average Bonchev–Trinajstić information content (AvgIpc) is 2.47. The first-order valence-electron chi connectivity index (χ1n) is 8.70. The minimum Gasteiger partial charge on any atom is -0.462 e. The molecule has 4 heteroatoms. The fraction of sp³-hybridized carbons (Fsp3) is 0.778. The number of ketones is 1. The third-order valence-electron chi connectivity index (χ3n) is 6.44. The first kappa shape index (κ1) is 14.4. The van der Waals surface area contributed by atoms with Crippen LogP contribution in [-0.4, -0.2) is 41.4 Å². The van der Waals surface area contributed by atoms with Crippen LogP contribution in [-0.2, 0) is 14.3 Å². The molecular weight excluding hydrogens is 278 g/mol. The molecule has 2 bridgehead atoms. The molecule has 3 fully saturated rings. The van der Waals surface area contributed by atoms with Gasteiger partial charge >= 0.3 is 5.97 Å². The summed E-state index contributed by atoms with van der Waals surface area (Å²) in [4.78, 5) is 26.9. The maximum atomic E-state index is 12.7. The van der Waals surface area contributed by atoms with Crippen molar-refractivity contribution in [2.45, 2.75) is 57.6 Å². The van der Waals surface area contributed by atoms with Crippen LogP contribution in [0, 0.1) is 17.8 Å². The van der Waals surface area contributed by atoms with E-state index in [-0.39, 0.29) is 29.4 Å². The number of Topliss-reactive ketones (excluding diaryl/α,β-unsaturated/α-hetero) is 1. The van der Waals surface area contributed by atoms with Crippen LogP contribution in [0.5, 0.6) is 0 Å². The second-order valence-corrected chi connectivity index (χ2v) is 7.55. The lowest BCUT2D eigenvalue weighted by Crippen LogP contribution is -2.70. The van der Waals surface area contributed by atoms with E-state index in [1.807, 2.05) is 0 Å². The molecule has 0 radical (unpaired) electrons. The Balaban J connectivity index is 1.82. The van der Waals surface area contributed by atoms with Crippen LogP contribution in [0.2, 0.25) is 0 Å². The van der Waals surface area contributed by atoms with Gasteiger partial charge in [-0.1, -0.05) is 13.0 Å². The molecule has 4 rings (SSSR count). The van der Waals surface area contributed by atoms with Gasteiger partial charge in [0.25, 0.3) is 0 Å². The highest BCUT2D eigenvalue weighted by atomic mass is 16.5. The fourth-order valence-corrected chi connectivity index (χ4v) is 5.82. The van der Waals surface area contributed by atoms with Gasteiger partial charge in [-0.05, 0) is 44.2 Å². The highest BCUT2D eigenvalue weighted by molar-refractivity contribution is 5.88. The van der Waals surface area contributed by atoms with E-state index in [9.17, 15) is 9.59 Å². The molecule has 2 aliphatic heterocycles. The minimum absolute atomic E-state index is 0.00708. The number of carbonyl (C=O) groups is 2. The predicted molar refractivity (Wildman–Crippen MR) is 82.2 cm³/mol. The fourth-order valence-electron chi connectivity index (χ4n) is 5.82. The topological polar surface area (TPSA) is 46.6 Å². The molecule has 0 aromatic rings. The average molecular weight is 303 g/mol. The van der Waals surface area contributed by atoms with Crippen molar-refractivity contribution < 1.29 is 14.3 Å². The Kier molecular flexibility index (Phi) is 3.23. The van der Waals surface area contributed by atoms with Gasteiger partial charge in [0.15, 0.2) is 0 Å². The molecule has 1 spiro atoms. The van der Waals surface area contributed by atoms with Crippen molar-refractivity contribution in [3.05, 3.63) is 11.6 Å².